The van der Waals surface area contributed by atoms with Crippen LogP contribution in [0.2, 0.25) is 0 Å². The second kappa shape index (κ2) is 12.3. The number of carbonyl (C=O) groups excluding carboxylic acids is 1. The fraction of sp³-hybridized carbons (Fsp3) is 0.367. The van der Waals surface area contributed by atoms with Gasteiger partial charge in [-0.2, -0.15) is 4.98 Å². The van der Waals surface area contributed by atoms with Crippen LogP contribution in [0.1, 0.15) is 20.8 Å². The average Bonchev–Trinajstić information content (AvgIpc) is 2.96. The van der Waals surface area contributed by atoms with Gasteiger partial charge in [-0.3, -0.25) is 14.3 Å². The van der Waals surface area contributed by atoms with Crippen molar-refractivity contribution in [3.8, 4) is 17.0 Å². The van der Waals surface area contributed by atoms with Gasteiger partial charge in [0.1, 0.15) is 29.5 Å². The fourth-order valence-electron chi connectivity index (χ4n) is 4.67. The van der Waals surface area contributed by atoms with Crippen molar-refractivity contribution < 1.29 is 23.0 Å². The molecule has 0 spiro atoms. The number of carbonyl (C=O) groups is 1. The van der Waals surface area contributed by atoms with Crippen LogP contribution in [0.3, 0.4) is 0 Å². The summed E-state index contributed by atoms with van der Waals surface area (Å²) in [5.41, 5.74) is -0.711. The van der Waals surface area contributed by atoms with Gasteiger partial charge in [-0.05, 0) is 45.0 Å². The van der Waals surface area contributed by atoms with Crippen LogP contribution < -0.4 is 15.6 Å². The van der Waals surface area contributed by atoms with Gasteiger partial charge in [-0.25, -0.2) is 23.5 Å². The third kappa shape index (κ3) is 7.05. The van der Waals surface area contributed by atoms with Crippen LogP contribution in [0.15, 0.2) is 53.6 Å². The lowest BCUT2D eigenvalue weighted by atomic mass is 10.0. The van der Waals surface area contributed by atoms with E-state index in [-0.39, 0.29) is 23.2 Å². The van der Waals surface area contributed by atoms with Crippen LogP contribution in [0.4, 0.5) is 25.2 Å². The van der Waals surface area contributed by atoms with Crippen LogP contribution in [-0.2, 0) is 11.8 Å². The minimum absolute atomic E-state index is 0.113. The molecule has 0 radical (unpaired) electrons. The van der Waals surface area contributed by atoms with Gasteiger partial charge >= 0.3 is 6.09 Å². The van der Waals surface area contributed by atoms with E-state index < -0.39 is 22.8 Å². The molecule has 1 aliphatic rings. The number of nitrogens with zero attached hydrogens (tertiary/aromatic N) is 6. The van der Waals surface area contributed by atoms with Crippen molar-refractivity contribution in [2.75, 3.05) is 44.6 Å². The lowest BCUT2D eigenvalue weighted by Gasteiger charge is -2.35. The highest BCUT2D eigenvalue weighted by molar-refractivity contribution is 5.82. The van der Waals surface area contributed by atoms with Crippen molar-refractivity contribution in [2.24, 2.45) is 7.05 Å². The molecule has 1 amide bonds. The van der Waals surface area contributed by atoms with E-state index in [1.807, 2.05) is 20.8 Å². The number of rotatable bonds is 7. The molecule has 1 aliphatic heterocycles. The zero-order valence-corrected chi connectivity index (χ0v) is 24.4. The molecule has 1 N–H and O–H groups in total. The molecule has 43 heavy (non-hydrogen) atoms. The number of aromatic nitrogens is 4. The standard InChI is InChI=1S/C30H33F2N7O4/c1-30(2,3)43-29(41)39-12-10-38(11-13-39)14-15-42-24-9-8-20(18-33-24)35-28-34-17-19-16-21(27(40)37(4)26(19)36-28)25-22(31)6-5-7-23(25)32/h5-9,16-18H,10-15H2,1-4H3,(H,34,35,36). The summed E-state index contributed by atoms with van der Waals surface area (Å²) in [6.45, 7) is 9.36. The summed E-state index contributed by atoms with van der Waals surface area (Å²) in [6, 6.07) is 8.32. The second-order valence-electron chi connectivity index (χ2n) is 11.2. The maximum absolute atomic E-state index is 14.4. The number of piperazine rings is 1. The first-order valence-electron chi connectivity index (χ1n) is 13.9. The van der Waals surface area contributed by atoms with Gasteiger partial charge in [-0.1, -0.05) is 6.07 Å². The summed E-state index contributed by atoms with van der Waals surface area (Å²) in [5.74, 6) is -0.983. The zero-order valence-electron chi connectivity index (χ0n) is 24.4. The van der Waals surface area contributed by atoms with Crippen molar-refractivity contribution in [1.82, 2.24) is 29.3 Å². The number of pyridine rings is 2. The number of aryl methyl sites for hydroxylation is 1. The number of amides is 1. The number of ether oxygens (including phenoxy) is 2. The van der Waals surface area contributed by atoms with E-state index in [9.17, 15) is 18.4 Å². The first-order valence-corrected chi connectivity index (χ1v) is 13.9. The van der Waals surface area contributed by atoms with Gasteiger partial charge < -0.3 is 19.7 Å². The number of fused-ring (bicyclic) bond motifs is 1. The van der Waals surface area contributed by atoms with Crippen molar-refractivity contribution in [2.45, 2.75) is 26.4 Å². The molecule has 226 valence electrons. The van der Waals surface area contributed by atoms with Gasteiger partial charge in [-0.15, -0.1) is 0 Å². The van der Waals surface area contributed by atoms with Crippen LogP contribution in [0, 0.1) is 11.6 Å². The van der Waals surface area contributed by atoms with E-state index in [2.05, 4.69) is 25.2 Å². The molecule has 4 heterocycles. The maximum Gasteiger partial charge on any atom is 0.410 e. The molecule has 0 aliphatic carbocycles. The molecule has 0 atom stereocenters. The Balaban J connectivity index is 1.16. The molecule has 13 heteroatoms. The van der Waals surface area contributed by atoms with Crippen molar-refractivity contribution >= 4 is 28.8 Å². The molecule has 1 aromatic carbocycles. The summed E-state index contributed by atoms with van der Waals surface area (Å²) in [6.07, 6.45) is 2.76. The van der Waals surface area contributed by atoms with E-state index in [0.29, 0.717) is 48.8 Å². The second-order valence-corrected chi connectivity index (χ2v) is 11.2. The molecule has 0 unspecified atom stereocenters. The Morgan fingerprint density at radius 2 is 1.74 bits per heavy atom. The largest absolute Gasteiger partial charge is 0.476 e. The summed E-state index contributed by atoms with van der Waals surface area (Å²) in [4.78, 5) is 42.2. The average molecular weight is 594 g/mol. The Bertz CT molecular complexity index is 1660. The number of anilines is 2. The normalized spacial score (nSPS) is 14.1. The Morgan fingerprint density at radius 3 is 2.40 bits per heavy atom. The minimum Gasteiger partial charge on any atom is -0.476 e. The number of benzene rings is 1. The van der Waals surface area contributed by atoms with Crippen LogP contribution in [0.5, 0.6) is 5.88 Å². The number of halogens is 2. The third-order valence-corrected chi connectivity index (χ3v) is 6.85. The first-order chi connectivity index (χ1) is 20.5. The molecule has 1 saturated heterocycles. The van der Waals surface area contributed by atoms with Crippen LogP contribution >= 0.6 is 0 Å². The molecule has 4 aromatic rings. The highest BCUT2D eigenvalue weighted by Crippen LogP contribution is 2.26. The third-order valence-electron chi connectivity index (χ3n) is 6.85. The molecule has 3 aromatic heterocycles. The number of nitrogens with one attached hydrogen (secondary N) is 1. The Morgan fingerprint density at radius 1 is 1.02 bits per heavy atom. The van der Waals surface area contributed by atoms with E-state index in [0.717, 1.165) is 25.2 Å². The molecular formula is C30H33F2N7O4. The minimum atomic E-state index is -0.825. The molecular weight excluding hydrogens is 560 g/mol. The highest BCUT2D eigenvalue weighted by atomic mass is 19.1. The molecule has 11 nitrogen and oxygen atoms in total. The first kappa shape index (κ1) is 29.8. The van der Waals surface area contributed by atoms with Crippen LogP contribution in [-0.4, -0.2) is 80.3 Å². The summed E-state index contributed by atoms with van der Waals surface area (Å²) >= 11 is 0. The van der Waals surface area contributed by atoms with Gasteiger partial charge in [0.05, 0.1) is 23.0 Å². The Labute approximate surface area is 247 Å². The highest BCUT2D eigenvalue weighted by Gasteiger charge is 2.25. The van der Waals surface area contributed by atoms with E-state index in [1.165, 1.54) is 29.9 Å². The maximum atomic E-state index is 14.4. The van der Waals surface area contributed by atoms with Gasteiger partial charge in [0.2, 0.25) is 11.8 Å². The Hall–Kier alpha value is -4.65. The lowest BCUT2D eigenvalue weighted by molar-refractivity contribution is 0.0136. The fourth-order valence-corrected chi connectivity index (χ4v) is 4.67. The summed E-state index contributed by atoms with van der Waals surface area (Å²) in [5, 5.41) is 3.49. The van der Waals surface area contributed by atoms with Gasteiger partial charge in [0.15, 0.2) is 0 Å². The predicted molar refractivity (Wildman–Crippen MR) is 157 cm³/mol. The van der Waals surface area contributed by atoms with E-state index in [1.54, 1.807) is 23.2 Å². The molecule has 0 bridgehead atoms. The Kier molecular flexibility index (Phi) is 8.53. The van der Waals surface area contributed by atoms with Crippen molar-refractivity contribution in [3.63, 3.8) is 0 Å². The lowest BCUT2D eigenvalue weighted by Crippen LogP contribution is -2.50. The quantitative estimate of drug-likeness (QED) is 0.334. The van der Waals surface area contributed by atoms with Crippen molar-refractivity contribution in [1.29, 1.82) is 0 Å². The molecule has 0 saturated carbocycles. The van der Waals surface area contributed by atoms with E-state index in [4.69, 9.17) is 9.47 Å². The topological polar surface area (TPSA) is 115 Å². The monoisotopic (exact) mass is 593 g/mol. The van der Waals surface area contributed by atoms with Gasteiger partial charge in [0, 0.05) is 57.4 Å². The SMILES string of the molecule is Cn1c(=O)c(-c2c(F)cccc2F)cc2cnc(Nc3ccc(OCCN4CCN(C(=O)OC(C)(C)C)CC4)nc3)nc21. The van der Waals surface area contributed by atoms with Crippen LogP contribution in [0.25, 0.3) is 22.2 Å². The summed E-state index contributed by atoms with van der Waals surface area (Å²) < 4.78 is 41.2. The summed E-state index contributed by atoms with van der Waals surface area (Å²) in [7, 11) is 1.48. The zero-order chi connectivity index (χ0) is 30.7. The smallest absolute Gasteiger partial charge is 0.410 e. The van der Waals surface area contributed by atoms with Gasteiger partial charge in [0.25, 0.3) is 5.56 Å². The number of hydrogen-bond donors (Lipinski definition) is 1. The number of hydrogen-bond acceptors (Lipinski definition) is 9. The predicted octanol–water partition coefficient (Wildman–Crippen LogP) is 4.34. The van der Waals surface area contributed by atoms with Crippen molar-refractivity contribution in [3.05, 3.63) is 70.8 Å². The van der Waals surface area contributed by atoms with E-state index >= 15 is 0 Å². The molecule has 5 rings (SSSR count). The molecule has 1 fully saturated rings.